The van der Waals surface area contributed by atoms with Gasteiger partial charge < -0.3 is 10.2 Å². The van der Waals surface area contributed by atoms with Crippen LogP contribution in [-0.2, 0) is 4.79 Å². The lowest BCUT2D eigenvalue weighted by atomic mass is 9.78. The van der Waals surface area contributed by atoms with Gasteiger partial charge in [0.2, 0.25) is 5.91 Å². The summed E-state index contributed by atoms with van der Waals surface area (Å²) in [5, 5.41) is 3.20. The predicted molar refractivity (Wildman–Crippen MR) is 65.5 cm³/mol. The third-order valence-corrected chi connectivity index (χ3v) is 4.18. The van der Waals surface area contributed by atoms with Crippen LogP contribution in [0.15, 0.2) is 0 Å². The smallest absolute Gasteiger partial charge is 0.340 e. The molecule has 110 valence electrons. The predicted octanol–water partition coefficient (Wildman–Crippen LogP) is 2.18. The van der Waals surface area contributed by atoms with Gasteiger partial charge in [0.05, 0.1) is 5.92 Å². The first kappa shape index (κ1) is 14.6. The molecule has 1 amide bonds. The van der Waals surface area contributed by atoms with Gasteiger partial charge in [0, 0.05) is 31.6 Å². The van der Waals surface area contributed by atoms with Crippen molar-refractivity contribution in [1.82, 2.24) is 10.2 Å². The van der Waals surface area contributed by atoms with Crippen LogP contribution in [0.4, 0.5) is 13.2 Å². The van der Waals surface area contributed by atoms with Crippen LogP contribution in [0.1, 0.15) is 32.6 Å². The Morgan fingerprint density at radius 3 is 2.58 bits per heavy atom. The highest BCUT2D eigenvalue weighted by Crippen LogP contribution is 2.42. The highest BCUT2D eigenvalue weighted by atomic mass is 19.4. The molecule has 1 aliphatic carbocycles. The van der Waals surface area contributed by atoms with E-state index in [1.807, 2.05) is 6.92 Å². The molecular weight excluding hydrogens is 257 g/mol. The first-order valence-corrected chi connectivity index (χ1v) is 6.98. The number of carbonyl (C=O) groups is 1. The fourth-order valence-corrected chi connectivity index (χ4v) is 3.19. The van der Waals surface area contributed by atoms with Gasteiger partial charge in [0.25, 0.3) is 0 Å². The van der Waals surface area contributed by atoms with Gasteiger partial charge in [-0.1, -0.05) is 12.8 Å². The number of hydrogen-bond donors (Lipinski definition) is 1. The van der Waals surface area contributed by atoms with E-state index < -0.39 is 18.0 Å². The van der Waals surface area contributed by atoms with Gasteiger partial charge in [0.1, 0.15) is 0 Å². The Hall–Kier alpha value is -0.780. The molecule has 3 nitrogen and oxygen atoms in total. The van der Waals surface area contributed by atoms with E-state index >= 15 is 0 Å². The third kappa shape index (κ3) is 3.41. The van der Waals surface area contributed by atoms with Crippen LogP contribution in [0, 0.1) is 11.8 Å². The van der Waals surface area contributed by atoms with Gasteiger partial charge >= 0.3 is 6.18 Å². The molecule has 1 N–H and O–H groups in total. The maximum atomic E-state index is 13.0. The van der Waals surface area contributed by atoms with E-state index in [4.69, 9.17) is 0 Å². The average molecular weight is 278 g/mol. The Morgan fingerprint density at radius 1 is 1.26 bits per heavy atom. The van der Waals surface area contributed by atoms with Crippen LogP contribution in [0.5, 0.6) is 0 Å². The highest BCUT2D eigenvalue weighted by Gasteiger charge is 2.49. The molecule has 1 saturated heterocycles. The van der Waals surface area contributed by atoms with E-state index in [0.29, 0.717) is 32.5 Å². The molecule has 0 aromatic carbocycles. The lowest BCUT2D eigenvalue weighted by molar-refractivity contribution is -0.201. The van der Waals surface area contributed by atoms with Gasteiger partial charge in [-0.2, -0.15) is 13.2 Å². The largest absolute Gasteiger partial charge is 0.392 e. The number of alkyl halides is 3. The van der Waals surface area contributed by atoms with E-state index in [2.05, 4.69) is 5.32 Å². The second-order valence-electron chi connectivity index (χ2n) is 5.68. The van der Waals surface area contributed by atoms with Crippen molar-refractivity contribution < 1.29 is 18.0 Å². The first-order valence-electron chi connectivity index (χ1n) is 6.98. The number of halogens is 3. The van der Waals surface area contributed by atoms with Gasteiger partial charge in [0.15, 0.2) is 0 Å². The van der Waals surface area contributed by atoms with Crippen molar-refractivity contribution in [2.24, 2.45) is 11.8 Å². The minimum atomic E-state index is -4.25. The number of piperazine rings is 1. The molecule has 1 heterocycles. The van der Waals surface area contributed by atoms with Gasteiger partial charge in [-0.05, 0) is 19.8 Å². The van der Waals surface area contributed by atoms with Crippen molar-refractivity contribution in [3.8, 4) is 0 Å². The minimum Gasteiger partial charge on any atom is -0.340 e. The Labute approximate surface area is 111 Å². The Kier molecular flexibility index (Phi) is 4.38. The monoisotopic (exact) mass is 278 g/mol. The number of rotatable bonds is 1. The molecule has 6 heteroatoms. The van der Waals surface area contributed by atoms with Gasteiger partial charge in [-0.25, -0.2) is 0 Å². The molecule has 2 fully saturated rings. The molecule has 3 atom stereocenters. The molecule has 0 spiro atoms. The number of carbonyl (C=O) groups excluding carboxylic acids is 1. The lowest BCUT2D eigenvalue weighted by Gasteiger charge is -2.38. The van der Waals surface area contributed by atoms with E-state index in [1.165, 1.54) is 0 Å². The van der Waals surface area contributed by atoms with E-state index in [0.717, 1.165) is 6.42 Å². The van der Waals surface area contributed by atoms with Crippen LogP contribution in [-0.4, -0.2) is 42.7 Å². The summed E-state index contributed by atoms with van der Waals surface area (Å²) in [4.78, 5) is 14.0. The molecular formula is C13H21F3N2O. The SMILES string of the molecule is C[C@@H]1CN(C(=O)C2CCCCC2C(F)(F)F)CCN1. The van der Waals surface area contributed by atoms with Crippen molar-refractivity contribution >= 4 is 5.91 Å². The molecule has 0 aromatic heterocycles. The zero-order valence-electron chi connectivity index (χ0n) is 11.2. The van der Waals surface area contributed by atoms with Crippen LogP contribution >= 0.6 is 0 Å². The molecule has 0 bridgehead atoms. The van der Waals surface area contributed by atoms with Crippen LogP contribution in [0.25, 0.3) is 0 Å². The highest BCUT2D eigenvalue weighted by molar-refractivity contribution is 5.79. The number of hydrogen-bond acceptors (Lipinski definition) is 2. The van der Waals surface area contributed by atoms with Crippen LogP contribution < -0.4 is 5.32 Å². The Balaban J connectivity index is 2.07. The zero-order chi connectivity index (χ0) is 14.0. The summed E-state index contributed by atoms with van der Waals surface area (Å²) in [6.07, 6.45) is -2.47. The Morgan fingerprint density at radius 2 is 1.95 bits per heavy atom. The third-order valence-electron chi connectivity index (χ3n) is 4.18. The van der Waals surface area contributed by atoms with E-state index in [-0.39, 0.29) is 18.4 Å². The molecule has 2 aliphatic rings. The fourth-order valence-electron chi connectivity index (χ4n) is 3.19. The molecule has 1 saturated carbocycles. The molecule has 0 aromatic rings. The van der Waals surface area contributed by atoms with E-state index in [1.54, 1.807) is 4.90 Å². The summed E-state index contributed by atoms with van der Waals surface area (Å²) in [7, 11) is 0. The Bertz CT molecular complexity index is 332. The maximum Gasteiger partial charge on any atom is 0.392 e. The second kappa shape index (κ2) is 5.69. The first-order chi connectivity index (χ1) is 8.89. The van der Waals surface area contributed by atoms with Crippen molar-refractivity contribution in [2.75, 3.05) is 19.6 Å². The summed E-state index contributed by atoms with van der Waals surface area (Å²) in [6, 6.07) is 0.158. The number of amides is 1. The van der Waals surface area contributed by atoms with Crippen molar-refractivity contribution in [2.45, 2.75) is 44.8 Å². The minimum absolute atomic E-state index is 0.0988. The van der Waals surface area contributed by atoms with E-state index in [9.17, 15) is 18.0 Å². The topological polar surface area (TPSA) is 32.3 Å². The summed E-state index contributed by atoms with van der Waals surface area (Å²) >= 11 is 0. The molecule has 1 aliphatic heterocycles. The number of nitrogens with zero attached hydrogens (tertiary/aromatic N) is 1. The quantitative estimate of drug-likeness (QED) is 0.797. The number of nitrogens with one attached hydrogen (secondary N) is 1. The van der Waals surface area contributed by atoms with Crippen LogP contribution in [0.3, 0.4) is 0 Å². The van der Waals surface area contributed by atoms with Gasteiger partial charge in [-0.3, -0.25) is 4.79 Å². The standard InChI is InChI=1S/C13H21F3N2O/c1-9-8-18(7-6-17-9)12(19)10-4-2-3-5-11(10)13(14,15)16/h9-11,17H,2-8H2,1H3/t9-,10?,11?/m1/s1. The fraction of sp³-hybridized carbons (Fsp3) is 0.923. The lowest BCUT2D eigenvalue weighted by Crippen LogP contribution is -2.54. The summed E-state index contributed by atoms with van der Waals surface area (Å²) in [6.45, 7) is 3.64. The van der Waals surface area contributed by atoms with Crippen LogP contribution in [0.2, 0.25) is 0 Å². The average Bonchev–Trinajstić information content (AvgIpc) is 2.37. The van der Waals surface area contributed by atoms with Crippen molar-refractivity contribution in [3.63, 3.8) is 0 Å². The molecule has 2 unspecified atom stereocenters. The summed E-state index contributed by atoms with van der Waals surface area (Å²) < 4.78 is 39.0. The maximum absolute atomic E-state index is 13.0. The zero-order valence-corrected chi connectivity index (χ0v) is 11.2. The van der Waals surface area contributed by atoms with Gasteiger partial charge in [-0.15, -0.1) is 0 Å². The van der Waals surface area contributed by atoms with Crippen molar-refractivity contribution in [1.29, 1.82) is 0 Å². The molecule has 2 rings (SSSR count). The summed E-state index contributed by atoms with van der Waals surface area (Å²) in [5.41, 5.74) is 0. The summed E-state index contributed by atoms with van der Waals surface area (Å²) in [5.74, 6) is -2.60. The molecule has 0 radical (unpaired) electrons. The normalized spacial score (nSPS) is 33.3. The second-order valence-corrected chi connectivity index (χ2v) is 5.68. The molecule has 19 heavy (non-hydrogen) atoms. The van der Waals surface area contributed by atoms with Crippen molar-refractivity contribution in [3.05, 3.63) is 0 Å².